The summed E-state index contributed by atoms with van der Waals surface area (Å²) in [6.45, 7) is 2.65. The predicted octanol–water partition coefficient (Wildman–Crippen LogP) is 2.00. The molecule has 7 nitrogen and oxygen atoms in total. The van der Waals surface area contributed by atoms with Gasteiger partial charge in [-0.05, 0) is 31.4 Å². The number of hydrazone groups is 1. The zero-order valence-corrected chi connectivity index (χ0v) is 16.5. The van der Waals surface area contributed by atoms with Crippen LogP contribution in [0.3, 0.4) is 0 Å². The molecule has 1 fully saturated rings. The van der Waals surface area contributed by atoms with E-state index >= 15 is 0 Å². The van der Waals surface area contributed by atoms with Crippen LogP contribution in [0.15, 0.2) is 15.0 Å². The van der Waals surface area contributed by atoms with Crippen molar-refractivity contribution in [3.63, 3.8) is 0 Å². The van der Waals surface area contributed by atoms with Gasteiger partial charge in [-0.3, -0.25) is 19.3 Å². The fraction of sp³-hybridized carbons (Fsp3) is 0.545. The molecular weight excluding hydrogens is 398 g/mol. The van der Waals surface area contributed by atoms with Crippen molar-refractivity contribution >= 4 is 72.2 Å². The minimum absolute atomic E-state index is 0.151. The van der Waals surface area contributed by atoms with E-state index in [1.807, 2.05) is 13.2 Å². The number of thiocarbonyl (C=S) groups is 1. The van der Waals surface area contributed by atoms with Crippen molar-refractivity contribution in [1.29, 1.82) is 0 Å². The summed E-state index contributed by atoms with van der Waals surface area (Å²) in [5.41, 5.74) is 0. The molecule has 0 aromatic carbocycles. The van der Waals surface area contributed by atoms with Gasteiger partial charge in [0.15, 0.2) is 4.38 Å². The lowest BCUT2D eigenvalue weighted by Crippen LogP contribution is -2.28. The van der Waals surface area contributed by atoms with Crippen LogP contribution in [0.2, 0.25) is 0 Å². The van der Waals surface area contributed by atoms with Crippen molar-refractivity contribution in [1.82, 2.24) is 9.91 Å². The maximum Gasteiger partial charge on any atom is 0.268 e. The van der Waals surface area contributed by atoms with Crippen LogP contribution in [0.1, 0.15) is 13.3 Å². The van der Waals surface area contributed by atoms with Gasteiger partial charge in [-0.1, -0.05) is 24.0 Å². The van der Waals surface area contributed by atoms with Gasteiger partial charge in [0.2, 0.25) is 0 Å². The summed E-state index contributed by atoms with van der Waals surface area (Å²) < 4.78 is 31.8. The van der Waals surface area contributed by atoms with Gasteiger partial charge < -0.3 is 0 Å². The van der Waals surface area contributed by atoms with Crippen molar-refractivity contribution in [3.8, 4) is 0 Å². The molecule has 0 unspecified atom stereocenters. The first-order valence-corrected chi connectivity index (χ1v) is 11.5. The van der Waals surface area contributed by atoms with E-state index in [9.17, 15) is 13.2 Å². The van der Waals surface area contributed by atoms with Crippen LogP contribution in [0.4, 0.5) is 0 Å². The first-order chi connectivity index (χ1) is 10.8. The number of nitrogens with zero attached hydrogens (tertiary/aromatic N) is 3. The summed E-state index contributed by atoms with van der Waals surface area (Å²) >= 11 is 9.27. The number of rotatable bonds is 5. The second-order valence-electron chi connectivity index (χ2n) is 4.49. The molecule has 2 aliphatic heterocycles. The number of hydrogen-bond acceptors (Lipinski definition) is 9. The van der Waals surface area contributed by atoms with E-state index in [4.69, 9.17) is 16.8 Å². The topological polar surface area (TPSA) is 90.3 Å². The summed E-state index contributed by atoms with van der Waals surface area (Å²) in [5.74, 6) is -0.496. The molecule has 23 heavy (non-hydrogen) atoms. The average molecular weight is 414 g/mol. The lowest BCUT2D eigenvalue weighted by molar-refractivity contribution is -0.122. The minimum Gasteiger partial charge on any atom is -0.293 e. The Morgan fingerprint density at radius 1 is 1.39 bits per heavy atom. The van der Waals surface area contributed by atoms with Gasteiger partial charge in [-0.2, -0.15) is 13.5 Å². The van der Waals surface area contributed by atoms with E-state index in [-0.39, 0.29) is 18.1 Å². The summed E-state index contributed by atoms with van der Waals surface area (Å²) in [5, 5.41) is 6.66. The Hall–Kier alpha value is -0.270. The predicted molar refractivity (Wildman–Crippen MR) is 101 cm³/mol. The van der Waals surface area contributed by atoms with E-state index in [0.717, 1.165) is 4.38 Å². The number of likely N-dealkylation sites (N-methyl/N-ethyl adjacent to an activating group) is 1. The molecule has 0 saturated carbocycles. The molecule has 0 aliphatic carbocycles. The fourth-order valence-corrected chi connectivity index (χ4v) is 5.46. The van der Waals surface area contributed by atoms with Crippen molar-refractivity contribution in [2.75, 3.05) is 25.1 Å². The lowest BCUT2D eigenvalue weighted by atomic mass is 10.4. The maximum atomic E-state index is 12.4. The second-order valence-corrected chi connectivity index (χ2v) is 9.73. The van der Waals surface area contributed by atoms with Crippen LogP contribution < -0.4 is 0 Å². The molecular formula is C11H15N3O4S5. The number of amides is 1. The molecule has 1 saturated heterocycles. The fourth-order valence-electron chi connectivity index (χ4n) is 1.89. The number of carbonyl (C=O) groups is 1. The molecule has 1 N–H and O–H groups in total. The Balaban J connectivity index is 2.21. The van der Waals surface area contributed by atoms with Crippen LogP contribution in [0.5, 0.6) is 0 Å². The molecule has 2 aliphatic rings. The third kappa shape index (κ3) is 4.63. The Labute approximate surface area is 153 Å². The van der Waals surface area contributed by atoms with E-state index in [2.05, 4.69) is 5.10 Å². The molecule has 128 valence electrons. The van der Waals surface area contributed by atoms with Gasteiger partial charge in [-0.15, -0.1) is 11.8 Å². The van der Waals surface area contributed by atoms with Crippen molar-refractivity contribution < 1.29 is 17.8 Å². The third-order valence-corrected chi connectivity index (χ3v) is 7.34. The van der Waals surface area contributed by atoms with Crippen LogP contribution in [-0.4, -0.2) is 62.6 Å². The van der Waals surface area contributed by atoms with Gasteiger partial charge >= 0.3 is 0 Å². The largest absolute Gasteiger partial charge is 0.293 e. The van der Waals surface area contributed by atoms with E-state index in [1.54, 1.807) is 5.01 Å². The Kier molecular flexibility index (Phi) is 6.42. The lowest BCUT2D eigenvalue weighted by Gasteiger charge is -2.16. The highest BCUT2D eigenvalue weighted by Gasteiger charge is 2.37. The number of thioether (sulfide) groups is 3. The minimum atomic E-state index is -4.01. The zero-order chi connectivity index (χ0) is 17.2. The highest BCUT2D eigenvalue weighted by atomic mass is 32.2. The second kappa shape index (κ2) is 7.74. The quantitative estimate of drug-likeness (QED) is 0.413. The molecule has 0 aromatic rings. The molecule has 12 heteroatoms. The van der Waals surface area contributed by atoms with Gasteiger partial charge in [0.1, 0.15) is 14.3 Å². The maximum absolute atomic E-state index is 12.4. The highest BCUT2D eigenvalue weighted by Crippen LogP contribution is 2.43. The molecule has 0 radical (unpaired) electrons. The first-order valence-electron chi connectivity index (χ1n) is 6.58. The highest BCUT2D eigenvalue weighted by molar-refractivity contribution is 8.40. The number of hydrogen-bond donors (Lipinski definition) is 1. The van der Waals surface area contributed by atoms with E-state index in [1.165, 1.54) is 40.2 Å². The Morgan fingerprint density at radius 3 is 2.61 bits per heavy atom. The standard InChI is InChI=1S/C11H15N3O4S5/c1-3-13-8(15)7(21-11(13)19)9-14(12-10(20-2)22-9)5-4-6-23(16,17)18/h3-6H2,1-2H3,(H,16,17,18)/b9-7-. The van der Waals surface area contributed by atoms with Crippen LogP contribution in [0.25, 0.3) is 0 Å². The first kappa shape index (κ1) is 19.1. The normalized spacial score (nSPS) is 22.3. The Morgan fingerprint density at radius 2 is 2.09 bits per heavy atom. The number of carbonyl (C=O) groups excluding carboxylic acids is 1. The summed E-state index contributed by atoms with van der Waals surface area (Å²) in [6, 6.07) is 0. The zero-order valence-electron chi connectivity index (χ0n) is 12.4. The smallest absolute Gasteiger partial charge is 0.268 e. The van der Waals surface area contributed by atoms with Crippen LogP contribution >= 0.6 is 47.5 Å². The van der Waals surface area contributed by atoms with Crippen molar-refractivity contribution in [2.45, 2.75) is 13.3 Å². The molecule has 1 amide bonds. The van der Waals surface area contributed by atoms with Crippen molar-refractivity contribution in [2.24, 2.45) is 5.10 Å². The average Bonchev–Trinajstić information content (AvgIpc) is 2.98. The van der Waals surface area contributed by atoms with Gasteiger partial charge in [0, 0.05) is 13.1 Å². The van der Waals surface area contributed by atoms with E-state index in [0.29, 0.717) is 27.3 Å². The van der Waals surface area contributed by atoms with Gasteiger partial charge in [0.25, 0.3) is 16.0 Å². The molecule has 0 spiro atoms. The molecule has 0 atom stereocenters. The molecule has 2 heterocycles. The SMILES string of the molecule is CCN1C(=O)/C(=C2/SC(SC)=NN2CCCS(=O)(=O)O)SC1=S. The van der Waals surface area contributed by atoms with Crippen LogP contribution in [-0.2, 0) is 14.9 Å². The summed E-state index contributed by atoms with van der Waals surface area (Å²) in [4.78, 5) is 14.5. The monoisotopic (exact) mass is 413 g/mol. The van der Waals surface area contributed by atoms with E-state index < -0.39 is 10.1 Å². The van der Waals surface area contributed by atoms with Gasteiger partial charge in [0.05, 0.1) is 5.75 Å². The molecule has 0 bridgehead atoms. The Bertz CT molecular complexity index is 688. The van der Waals surface area contributed by atoms with Crippen LogP contribution in [0, 0.1) is 0 Å². The summed E-state index contributed by atoms with van der Waals surface area (Å²) in [6.07, 6.45) is 2.09. The third-order valence-electron chi connectivity index (χ3n) is 2.93. The van der Waals surface area contributed by atoms with Gasteiger partial charge in [-0.25, -0.2) is 0 Å². The molecule has 2 rings (SSSR count). The van der Waals surface area contributed by atoms with Crippen molar-refractivity contribution in [3.05, 3.63) is 9.93 Å². The summed E-state index contributed by atoms with van der Waals surface area (Å²) in [7, 11) is -4.01. The molecule has 0 aromatic heterocycles.